The van der Waals surface area contributed by atoms with Crippen molar-refractivity contribution in [2.45, 2.75) is 39.6 Å². The maximum atomic E-state index is 10.6. The topological polar surface area (TPSA) is 57.2 Å². The standard InChI is InChI=1S/C24H32O5/c1-6-28-16-21-19(12-13-29-15-18-10-8-7-9-11-18)24(27-5)20(14-22(21)26-4)23(25)17(2)3/h7-11,14,23,25H,2,6,12-13,15-16H2,1,3-5H3. The van der Waals surface area contributed by atoms with Gasteiger partial charge in [-0.25, -0.2) is 0 Å². The van der Waals surface area contributed by atoms with E-state index in [9.17, 15) is 5.11 Å². The fourth-order valence-corrected chi connectivity index (χ4v) is 3.21. The molecule has 0 radical (unpaired) electrons. The van der Waals surface area contributed by atoms with Gasteiger partial charge in [0.05, 0.1) is 34.0 Å². The lowest BCUT2D eigenvalue weighted by molar-refractivity contribution is 0.119. The van der Waals surface area contributed by atoms with Crippen LogP contribution in [0.1, 0.15) is 42.2 Å². The molecule has 2 aromatic carbocycles. The Morgan fingerprint density at radius 1 is 1.03 bits per heavy atom. The zero-order chi connectivity index (χ0) is 21.2. The summed E-state index contributed by atoms with van der Waals surface area (Å²) < 4.78 is 22.9. The van der Waals surface area contributed by atoms with Crippen molar-refractivity contribution < 1.29 is 24.1 Å². The average molecular weight is 401 g/mol. The zero-order valence-corrected chi connectivity index (χ0v) is 17.9. The van der Waals surface area contributed by atoms with Gasteiger partial charge in [-0.3, -0.25) is 0 Å². The van der Waals surface area contributed by atoms with Crippen LogP contribution < -0.4 is 9.47 Å². The highest BCUT2D eigenvalue weighted by molar-refractivity contribution is 5.55. The van der Waals surface area contributed by atoms with E-state index in [0.29, 0.717) is 55.5 Å². The smallest absolute Gasteiger partial charge is 0.128 e. The number of hydrogen-bond donors (Lipinski definition) is 1. The van der Waals surface area contributed by atoms with E-state index in [-0.39, 0.29) is 0 Å². The van der Waals surface area contributed by atoms with Gasteiger partial charge >= 0.3 is 0 Å². The van der Waals surface area contributed by atoms with Gasteiger partial charge in [0.25, 0.3) is 0 Å². The molecule has 1 N–H and O–H groups in total. The van der Waals surface area contributed by atoms with Crippen LogP contribution in [-0.4, -0.2) is 32.5 Å². The number of hydrogen-bond acceptors (Lipinski definition) is 5. The summed E-state index contributed by atoms with van der Waals surface area (Å²) in [5.41, 5.74) is 4.22. The molecule has 158 valence electrons. The normalized spacial score (nSPS) is 11.9. The maximum absolute atomic E-state index is 10.6. The summed E-state index contributed by atoms with van der Waals surface area (Å²) in [7, 11) is 3.22. The Balaban J connectivity index is 2.33. The molecular weight excluding hydrogens is 368 g/mol. The first-order valence-corrected chi connectivity index (χ1v) is 9.82. The van der Waals surface area contributed by atoms with E-state index < -0.39 is 6.10 Å². The number of aliphatic hydroxyl groups excluding tert-OH is 1. The van der Waals surface area contributed by atoms with Crippen molar-refractivity contribution in [1.29, 1.82) is 0 Å². The number of benzene rings is 2. The van der Waals surface area contributed by atoms with Crippen LogP contribution in [0.15, 0.2) is 48.6 Å². The van der Waals surface area contributed by atoms with Gasteiger partial charge in [-0.15, -0.1) is 0 Å². The van der Waals surface area contributed by atoms with Crippen LogP contribution in [0, 0.1) is 0 Å². The minimum Gasteiger partial charge on any atom is -0.496 e. The Kier molecular flexibility index (Phi) is 9.19. The molecule has 1 atom stereocenters. The molecule has 0 aliphatic rings. The fraction of sp³-hybridized carbons (Fsp3) is 0.417. The van der Waals surface area contributed by atoms with Gasteiger partial charge < -0.3 is 24.1 Å². The average Bonchev–Trinajstić information content (AvgIpc) is 2.74. The molecule has 2 rings (SSSR count). The highest BCUT2D eigenvalue weighted by Gasteiger charge is 2.24. The van der Waals surface area contributed by atoms with Crippen molar-refractivity contribution >= 4 is 0 Å². The van der Waals surface area contributed by atoms with E-state index in [2.05, 4.69) is 6.58 Å². The molecule has 0 aliphatic carbocycles. The second-order valence-corrected chi connectivity index (χ2v) is 6.83. The van der Waals surface area contributed by atoms with Gasteiger partial charge in [-0.1, -0.05) is 36.9 Å². The minimum absolute atomic E-state index is 0.396. The Morgan fingerprint density at radius 3 is 2.34 bits per heavy atom. The molecule has 0 spiro atoms. The lowest BCUT2D eigenvalue weighted by Crippen LogP contribution is -2.11. The molecule has 0 saturated carbocycles. The van der Waals surface area contributed by atoms with Crippen LogP contribution in [0.2, 0.25) is 0 Å². The Bertz CT molecular complexity index is 786. The van der Waals surface area contributed by atoms with Crippen LogP contribution in [0.5, 0.6) is 11.5 Å². The van der Waals surface area contributed by atoms with E-state index in [4.69, 9.17) is 18.9 Å². The first-order chi connectivity index (χ1) is 14.0. The molecule has 5 heteroatoms. The van der Waals surface area contributed by atoms with Crippen LogP contribution in [0.3, 0.4) is 0 Å². The van der Waals surface area contributed by atoms with Gasteiger partial charge in [0, 0.05) is 23.3 Å². The monoisotopic (exact) mass is 400 g/mol. The van der Waals surface area contributed by atoms with E-state index in [0.717, 1.165) is 16.7 Å². The van der Waals surface area contributed by atoms with Gasteiger partial charge in [-0.2, -0.15) is 0 Å². The van der Waals surface area contributed by atoms with Crippen LogP contribution in [0.4, 0.5) is 0 Å². The lowest BCUT2D eigenvalue weighted by Gasteiger charge is -2.23. The Morgan fingerprint density at radius 2 is 1.76 bits per heavy atom. The van der Waals surface area contributed by atoms with Crippen LogP contribution in [0.25, 0.3) is 0 Å². The predicted octanol–water partition coefficient (Wildman–Crippen LogP) is 4.61. The van der Waals surface area contributed by atoms with Gasteiger partial charge in [0.15, 0.2) is 0 Å². The first-order valence-electron chi connectivity index (χ1n) is 9.82. The minimum atomic E-state index is -0.844. The van der Waals surface area contributed by atoms with E-state index in [1.54, 1.807) is 27.2 Å². The number of ether oxygens (including phenoxy) is 4. The zero-order valence-electron chi connectivity index (χ0n) is 17.9. The second kappa shape index (κ2) is 11.6. The van der Waals surface area contributed by atoms with Crippen molar-refractivity contribution in [3.63, 3.8) is 0 Å². The summed E-state index contributed by atoms with van der Waals surface area (Å²) in [6.45, 7) is 9.63. The molecule has 0 bridgehead atoms. The molecule has 0 fully saturated rings. The van der Waals surface area contributed by atoms with Crippen molar-refractivity contribution in [3.8, 4) is 11.5 Å². The fourth-order valence-electron chi connectivity index (χ4n) is 3.21. The van der Waals surface area contributed by atoms with Crippen LogP contribution >= 0.6 is 0 Å². The third-order valence-corrected chi connectivity index (χ3v) is 4.73. The van der Waals surface area contributed by atoms with Crippen LogP contribution in [-0.2, 0) is 29.1 Å². The largest absolute Gasteiger partial charge is 0.496 e. The summed E-state index contributed by atoms with van der Waals surface area (Å²) in [6, 6.07) is 11.9. The van der Waals surface area contributed by atoms with E-state index in [1.165, 1.54) is 0 Å². The number of aliphatic hydroxyl groups is 1. The SMILES string of the molecule is C=C(C)C(O)c1cc(OC)c(COCC)c(CCOCc2ccccc2)c1OC. The quantitative estimate of drug-likeness (QED) is 0.416. The molecule has 0 aromatic heterocycles. The summed E-state index contributed by atoms with van der Waals surface area (Å²) in [6.07, 6.45) is -0.241. The molecule has 1 unspecified atom stereocenters. The summed E-state index contributed by atoms with van der Waals surface area (Å²) in [5, 5.41) is 10.6. The third kappa shape index (κ3) is 6.07. The second-order valence-electron chi connectivity index (χ2n) is 6.83. The van der Waals surface area contributed by atoms with Gasteiger partial charge in [0.2, 0.25) is 0 Å². The summed E-state index contributed by atoms with van der Waals surface area (Å²) in [4.78, 5) is 0. The van der Waals surface area contributed by atoms with Gasteiger partial charge in [0.1, 0.15) is 17.6 Å². The molecule has 2 aromatic rings. The third-order valence-electron chi connectivity index (χ3n) is 4.73. The van der Waals surface area contributed by atoms with Crippen molar-refractivity contribution in [2.24, 2.45) is 0 Å². The molecule has 0 aliphatic heterocycles. The van der Waals surface area contributed by atoms with Gasteiger partial charge in [-0.05, 0) is 37.5 Å². The predicted molar refractivity (Wildman–Crippen MR) is 114 cm³/mol. The molecule has 0 amide bonds. The molecular formula is C24H32O5. The highest BCUT2D eigenvalue weighted by Crippen LogP contribution is 2.40. The van der Waals surface area contributed by atoms with Crippen molar-refractivity contribution in [3.05, 3.63) is 70.8 Å². The Hall–Kier alpha value is -2.34. The number of rotatable bonds is 12. The summed E-state index contributed by atoms with van der Waals surface area (Å²) >= 11 is 0. The molecule has 0 saturated heterocycles. The summed E-state index contributed by atoms with van der Waals surface area (Å²) in [5.74, 6) is 1.28. The first kappa shape index (κ1) is 22.9. The lowest BCUT2D eigenvalue weighted by atomic mass is 9.94. The van der Waals surface area contributed by atoms with Crippen molar-refractivity contribution in [1.82, 2.24) is 0 Å². The number of methoxy groups -OCH3 is 2. The Labute approximate surface area is 173 Å². The maximum Gasteiger partial charge on any atom is 0.128 e. The molecule has 29 heavy (non-hydrogen) atoms. The van der Waals surface area contributed by atoms with E-state index >= 15 is 0 Å². The molecule has 0 heterocycles. The van der Waals surface area contributed by atoms with Crippen molar-refractivity contribution in [2.75, 3.05) is 27.4 Å². The highest BCUT2D eigenvalue weighted by atomic mass is 16.5. The molecule has 5 nitrogen and oxygen atoms in total. The van der Waals surface area contributed by atoms with E-state index in [1.807, 2.05) is 37.3 Å².